The van der Waals surface area contributed by atoms with Crippen molar-refractivity contribution in [2.75, 3.05) is 0 Å². The van der Waals surface area contributed by atoms with Crippen LogP contribution in [0.3, 0.4) is 0 Å². The lowest BCUT2D eigenvalue weighted by atomic mass is 9.97. The normalized spacial score (nSPS) is 11.8. The van der Waals surface area contributed by atoms with Gasteiger partial charge in [0.1, 0.15) is 5.65 Å². The summed E-state index contributed by atoms with van der Waals surface area (Å²) >= 11 is 0. The Morgan fingerprint density at radius 1 is 0.486 bits per heavy atom. The van der Waals surface area contributed by atoms with Crippen molar-refractivity contribution in [3.05, 3.63) is 121 Å². The Labute approximate surface area is 212 Å². The fourth-order valence-electron chi connectivity index (χ4n) is 5.50. The molecule has 0 atom stereocenters. The smallest absolute Gasteiger partial charge is 0.160 e. The van der Waals surface area contributed by atoms with E-state index < -0.39 is 0 Å². The number of imidazole rings is 1. The first kappa shape index (κ1) is 20.1. The summed E-state index contributed by atoms with van der Waals surface area (Å²) in [6.45, 7) is 0. The predicted molar refractivity (Wildman–Crippen MR) is 152 cm³/mol. The van der Waals surface area contributed by atoms with Crippen LogP contribution < -0.4 is 0 Å². The van der Waals surface area contributed by atoms with Gasteiger partial charge in [0.15, 0.2) is 5.82 Å². The minimum atomic E-state index is 0.724. The molecule has 5 aromatic carbocycles. The van der Waals surface area contributed by atoms with Crippen molar-refractivity contribution in [1.82, 2.24) is 19.4 Å². The molecule has 0 aliphatic rings. The van der Waals surface area contributed by atoms with Crippen LogP contribution in [0.15, 0.2) is 121 Å². The Balaban J connectivity index is 1.46. The van der Waals surface area contributed by atoms with Gasteiger partial charge in [-0.2, -0.15) is 0 Å². The molecule has 4 heteroatoms. The van der Waals surface area contributed by atoms with E-state index >= 15 is 0 Å². The topological polar surface area (TPSA) is 43.1 Å². The second kappa shape index (κ2) is 7.70. The van der Waals surface area contributed by atoms with E-state index in [-0.39, 0.29) is 0 Å². The molecule has 4 nitrogen and oxygen atoms in total. The van der Waals surface area contributed by atoms with Crippen LogP contribution in [-0.4, -0.2) is 19.4 Å². The third kappa shape index (κ3) is 2.99. The van der Waals surface area contributed by atoms with Crippen LogP contribution in [-0.2, 0) is 0 Å². The number of hydrogen-bond acceptors (Lipinski definition) is 3. The van der Waals surface area contributed by atoms with Gasteiger partial charge in [0.05, 0.1) is 22.2 Å². The maximum Gasteiger partial charge on any atom is 0.160 e. The zero-order valence-corrected chi connectivity index (χ0v) is 19.8. The van der Waals surface area contributed by atoms with E-state index in [1.807, 2.05) is 24.3 Å². The van der Waals surface area contributed by atoms with Gasteiger partial charge >= 0.3 is 0 Å². The van der Waals surface area contributed by atoms with Gasteiger partial charge in [0, 0.05) is 33.5 Å². The Hall–Kier alpha value is -5.09. The van der Waals surface area contributed by atoms with Crippen molar-refractivity contribution >= 4 is 49.1 Å². The first-order valence-electron chi connectivity index (χ1n) is 12.4. The molecule has 0 saturated carbocycles. The number of aromatic nitrogens is 4. The number of rotatable bonds is 2. The summed E-state index contributed by atoms with van der Waals surface area (Å²) in [5.74, 6) is 0.724. The van der Waals surface area contributed by atoms with Gasteiger partial charge in [-0.3, -0.25) is 4.40 Å². The first-order valence-corrected chi connectivity index (χ1v) is 12.4. The van der Waals surface area contributed by atoms with Crippen LogP contribution in [0.2, 0.25) is 0 Å². The van der Waals surface area contributed by atoms with E-state index in [1.165, 1.54) is 16.2 Å². The molecule has 8 rings (SSSR count). The highest BCUT2D eigenvalue weighted by Crippen LogP contribution is 2.37. The van der Waals surface area contributed by atoms with Gasteiger partial charge in [-0.05, 0) is 35.0 Å². The Morgan fingerprint density at radius 3 is 2.14 bits per heavy atom. The fourth-order valence-corrected chi connectivity index (χ4v) is 5.50. The average Bonchev–Trinajstić information content (AvgIpc) is 3.37. The van der Waals surface area contributed by atoms with Crippen molar-refractivity contribution in [3.8, 4) is 22.6 Å². The molecule has 172 valence electrons. The number of fused-ring (bicyclic) bond motifs is 9. The molecule has 3 heterocycles. The van der Waals surface area contributed by atoms with Crippen molar-refractivity contribution in [2.45, 2.75) is 0 Å². The number of hydrogen-bond donors (Lipinski definition) is 0. The summed E-state index contributed by atoms with van der Waals surface area (Å²) in [4.78, 5) is 15.1. The average molecular weight is 473 g/mol. The maximum absolute atomic E-state index is 5.10. The van der Waals surface area contributed by atoms with Crippen LogP contribution in [0.1, 0.15) is 0 Å². The molecule has 37 heavy (non-hydrogen) atoms. The van der Waals surface area contributed by atoms with E-state index in [0.29, 0.717) is 0 Å². The second-order valence-electron chi connectivity index (χ2n) is 9.32. The first-order chi connectivity index (χ1) is 18.3. The third-order valence-electron chi connectivity index (χ3n) is 7.19. The zero-order valence-electron chi connectivity index (χ0n) is 19.8. The summed E-state index contributed by atoms with van der Waals surface area (Å²) in [7, 11) is 0. The van der Waals surface area contributed by atoms with Gasteiger partial charge in [0.2, 0.25) is 0 Å². The third-order valence-corrected chi connectivity index (χ3v) is 7.19. The van der Waals surface area contributed by atoms with E-state index in [2.05, 4.69) is 102 Å². The van der Waals surface area contributed by atoms with E-state index in [0.717, 1.165) is 55.6 Å². The molecule has 0 radical (unpaired) electrons. The van der Waals surface area contributed by atoms with Gasteiger partial charge in [-0.15, -0.1) is 0 Å². The Morgan fingerprint density at radius 2 is 1.24 bits per heavy atom. The quantitative estimate of drug-likeness (QED) is 0.239. The molecule has 0 spiro atoms. The zero-order chi connectivity index (χ0) is 24.3. The van der Waals surface area contributed by atoms with Gasteiger partial charge in [-0.1, -0.05) is 91.0 Å². The molecule has 0 fully saturated rings. The summed E-state index contributed by atoms with van der Waals surface area (Å²) in [6, 6.07) is 39.8. The highest BCUT2D eigenvalue weighted by atomic mass is 15.0. The summed E-state index contributed by atoms with van der Waals surface area (Å²) in [5, 5.41) is 5.72. The number of pyridine rings is 1. The Kier molecular flexibility index (Phi) is 4.19. The largest absolute Gasteiger partial charge is 0.299 e. The molecule has 0 amide bonds. The SMILES string of the molecule is c1ccc(-c2nc(-c3ccc4c(c3)c3ccccc3c3nc5ccccn5c43)nc3ccccc23)cc1. The molecule has 0 saturated heterocycles. The number of nitrogens with zero attached hydrogens (tertiary/aromatic N) is 4. The summed E-state index contributed by atoms with van der Waals surface area (Å²) < 4.78 is 2.18. The second-order valence-corrected chi connectivity index (χ2v) is 9.32. The van der Waals surface area contributed by atoms with Crippen LogP contribution in [0.4, 0.5) is 0 Å². The minimum absolute atomic E-state index is 0.724. The van der Waals surface area contributed by atoms with Crippen LogP contribution in [0, 0.1) is 0 Å². The molecule has 8 aromatic rings. The van der Waals surface area contributed by atoms with Crippen molar-refractivity contribution in [1.29, 1.82) is 0 Å². The highest BCUT2D eigenvalue weighted by Gasteiger charge is 2.16. The molecule has 0 aliphatic carbocycles. The van der Waals surface area contributed by atoms with Crippen molar-refractivity contribution in [3.63, 3.8) is 0 Å². The molecule has 3 aromatic heterocycles. The fraction of sp³-hybridized carbons (Fsp3) is 0. The molecule has 0 unspecified atom stereocenters. The van der Waals surface area contributed by atoms with Crippen molar-refractivity contribution in [2.24, 2.45) is 0 Å². The molecule has 0 N–H and O–H groups in total. The molecular formula is C33H20N4. The maximum atomic E-state index is 5.10. The molecule has 0 aliphatic heterocycles. The monoisotopic (exact) mass is 472 g/mol. The lowest BCUT2D eigenvalue weighted by molar-refractivity contribution is 1.23. The minimum Gasteiger partial charge on any atom is -0.299 e. The number of para-hydroxylation sites is 1. The highest BCUT2D eigenvalue weighted by molar-refractivity contribution is 6.24. The lowest BCUT2D eigenvalue weighted by Crippen LogP contribution is -1.95. The molecular weight excluding hydrogens is 452 g/mol. The van der Waals surface area contributed by atoms with Crippen LogP contribution in [0.5, 0.6) is 0 Å². The molecule has 0 bridgehead atoms. The predicted octanol–water partition coefficient (Wildman–Crippen LogP) is 8.07. The van der Waals surface area contributed by atoms with Crippen LogP contribution >= 0.6 is 0 Å². The Bertz CT molecular complexity index is 2140. The van der Waals surface area contributed by atoms with Gasteiger partial charge < -0.3 is 0 Å². The van der Waals surface area contributed by atoms with E-state index in [9.17, 15) is 0 Å². The van der Waals surface area contributed by atoms with Gasteiger partial charge in [-0.25, -0.2) is 15.0 Å². The lowest BCUT2D eigenvalue weighted by Gasteiger charge is -2.11. The summed E-state index contributed by atoms with van der Waals surface area (Å²) in [5.41, 5.74) is 7.06. The number of benzene rings is 5. The van der Waals surface area contributed by atoms with E-state index in [4.69, 9.17) is 15.0 Å². The van der Waals surface area contributed by atoms with Crippen LogP contribution in [0.25, 0.3) is 71.8 Å². The van der Waals surface area contributed by atoms with E-state index in [1.54, 1.807) is 0 Å². The van der Waals surface area contributed by atoms with Crippen molar-refractivity contribution < 1.29 is 0 Å². The van der Waals surface area contributed by atoms with Gasteiger partial charge in [0.25, 0.3) is 0 Å². The summed E-state index contributed by atoms with van der Waals surface area (Å²) in [6.07, 6.45) is 2.09. The standard InChI is InChI=1S/C33H20N4/c1-2-10-21(11-3-1)30-26-14-6-7-15-28(26)34-33(36-30)22-17-18-25-27(20-22)23-12-4-5-13-24(23)31-32(25)37-19-9-8-16-29(37)35-31/h1-20H.